The third-order valence-corrected chi connectivity index (χ3v) is 2.34. The smallest absolute Gasteiger partial charge is 0.0866 e. The summed E-state index contributed by atoms with van der Waals surface area (Å²) in [5.74, 6) is 0. The Morgan fingerprint density at radius 2 is 2.27 bits per heavy atom. The highest BCUT2D eigenvalue weighted by molar-refractivity contribution is 4.83. The minimum Gasteiger partial charge on any atom is -0.301 e. The van der Waals surface area contributed by atoms with Crippen molar-refractivity contribution in [3.05, 3.63) is 0 Å². The Balaban J connectivity index is 2.35. The monoisotopic (exact) mass is 153 g/mol. The van der Waals surface area contributed by atoms with Gasteiger partial charge in [-0.1, -0.05) is 0 Å². The third kappa shape index (κ3) is 2.18. The van der Waals surface area contributed by atoms with Crippen molar-refractivity contribution >= 4 is 0 Å². The Bertz CT molecular complexity index is 161. The number of hydrogen-bond acceptors (Lipinski definition) is 3. The van der Waals surface area contributed by atoms with Crippen molar-refractivity contribution in [2.75, 3.05) is 33.2 Å². The molecule has 0 aromatic rings. The Hall–Kier alpha value is -0.590. The summed E-state index contributed by atoms with van der Waals surface area (Å²) in [6.45, 7) is 5.93. The average molecular weight is 153 g/mol. The maximum absolute atomic E-state index is 8.47. The lowest BCUT2D eigenvalue weighted by molar-refractivity contribution is 0.116. The fraction of sp³-hybridized carbons (Fsp3) is 0.875. The molecule has 0 N–H and O–H groups in total. The first-order valence-corrected chi connectivity index (χ1v) is 4.03. The summed E-state index contributed by atoms with van der Waals surface area (Å²) < 4.78 is 0. The van der Waals surface area contributed by atoms with Crippen LogP contribution in [0.3, 0.4) is 0 Å². The van der Waals surface area contributed by atoms with E-state index in [0.29, 0.717) is 12.6 Å². The van der Waals surface area contributed by atoms with E-state index in [0.717, 1.165) is 19.6 Å². The van der Waals surface area contributed by atoms with Crippen LogP contribution in [0.2, 0.25) is 0 Å². The van der Waals surface area contributed by atoms with E-state index in [9.17, 15) is 0 Å². The molecule has 3 heteroatoms. The number of nitriles is 1. The fourth-order valence-electron chi connectivity index (χ4n) is 1.37. The van der Waals surface area contributed by atoms with E-state index in [-0.39, 0.29) is 0 Å². The van der Waals surface area contributed by atoms with E-state index in [2.05, 4.69) is 29.8 Å². The Labute approximate surface area is 68.2 Å². The molecule has 1 atom stereocenters. The van der Waals surface area contributed by atoms with Crippen molar-refractivity contribution in [2.45, 2.75) is 13.0 Å². The van der Waals surface area contributed by atoms with Crippen LogP contribution < -0.4 is 0 Å². The summed E-state index contributed by atoms with van der Waals surface area (Å²) in [6.07, 6.45) is 0. The molecule has 0 aliphatic carbocycles. The molecule has 0 radical (unpaired) electrons. The number of hydrogen-bond donors (Lipinski definition) is 0. The first-order valence-electron chi connectivity index (χ1n) is 4.03. The van der Waals surface area contributed by atoms with Gasteiger partial charge in [-0.2, -0.15) is 5.26 Å². The predicted octanol–water partition coefficient (Wildman–Crippen LogP) is 0.146. The predicted molar refractivity (Wildman–Crippen MR) is 44.1 cm³/mol. The highest BCUT2D eigenvalue weighted by Gasteiger charge is 2.19. The second-order valence-electron chi connectivity index (χ2n) is 3.22. The molecule has 0 saturated carbocycles. The molecule has 0 aromatic heterocycles. The molecular formula is C8H15N3. The van der Waals surface area contributed by atoms with Gasteiger partial charge in [0.25, 0.3) is 0 Å². The SMILES string of the molecule is CC1CN(CC#N)CCN1C. The first kappa shape index (κ1) is 8.51. The van der Waals surface area contributed by atoms with Gasteiger partial charge in [-0.15, -0.1) is 0 Å². The number of nitrogens with zero attached hydrogens (tertiary/aromatic N) is 3. The fourth-order valence-corrected chi connectivity index (χ4v) is 1.37. The minimum atomic E-state index is 0.582. The van der Waals surface area contributed by atoms with E-state index in [1.54, 1.807) is 0 Å². The number of rotatable bonds is 1. The zero-order valence-corrected chi connectivity index (χ0v) is 7.25. The van der Waals surface area contributed by atoms with E-state index in [4.69, 9.17) is 5.26 Å². The first-order chi connectivity index (χ1) is 5.24. The molecular weight excluding hydrogens is 138 g/mol. The molecule has 62 valence electrons. The lowest BCUT2D eigenvalue weighted by Gasteiger charge is -2.36. The van der Waals surface area contributed by atoms with Gasteiger partial charge in [0.15, 0.2) is 0 Å². The second-order valence-corrected chi connectivity index (χ2v) is 3.22. The van der Waals surface area contributed by atoms with Gasteiger partial charge < -0.3 is 4.90 Å². The highest BCUT2D eigenvalue weighted by atomic mass is 15.3. The van der Waals surface area contributed by atoms with Crippen LogP contribution in [0.5, 0.6) is 0 Å². The molecule has 0 spiro atoms. The summed E-state index contributed by atoms with van der Waals surface area (Å²) in [4.78, 5) is 4.53. The normalized spacial score (nSPS) is 28.3. The van der Waals surface area contributed by atoms with Crippen LogP contribution in [0, 0.1) is 11.3 Å². The van der Waals surface area contributed by atoms with Crippen LogP contribution in [-0.2, 0) is 0 Å². The Morgan fingerprint density at radius 1 is 1.55 bits per heavy atom. The van der Waals surface area contributed by atoms with E-state index in [1.807, 2.05) is 0 Å². The van der Waals surface area contributed by atoms with Gasteiger partial charge in [0.2, 0.25) is 0 Å². The van der Waals surface area contributed by atoms with Crippen LogP contribution in [-0.4, -0.2) is 49.1 Å². The van der Waals surface area contributed by atoms with Crippen molar-refractivity contribution in [2.24, 2.45) is 0 Å². The molecule has 1 heterocycles. The van der Waals surface area contributed by atoms with Crippen LogP contribution in [0.4, 0.5) is 0 Å². The van der Waals surface area contributed by atoms with Gasteiger partial charge in [0.1, 0.15) is 0 Å². The minimum absolute atomic E-state index is 0.582. The van der Waals surface area contributed by atoms with Crippen LogP contribution in [0.25, 0.3) is 0 Å². The lowest BCUT2D eigenvalue weighted by Crippen LogP contribution is -2.49. The molecule has 0 aromatic carbocycles. The molecule has 0 bridgehead atoms. The third-order valence-electron chi connectivity index (χ3n) is 2.34. The topological polar surface area (TPSA) is 30.3 Å². The zero-order valence-electron chi connectivity index (χ0n) is 7.25. The van der Waals surface area contributed by atoms with Crippen LogP contribution in [0.15, 0.2) is 0 Å². The maximum Gasteiger partial charge on any atom is 0.0866 e. The van der Waals surface area contributed by atoms with Crippen molar-refractivity contribution in [3.8, 4) is 6.07 Å². The van der Waals surface area contributed by atoms with Gasteiger partial charge in [0, 0.05) is 25.7 Å². The van der Waals surface area contributed by atoms with E-state index < -0.39 is 0 Å². The average Bonchev–Trinajstić information content (AvgIpc) is 1.98. The standard InChI is InChI=1S/C8H15N3/c1-8-7-11(4-3-9)6-5-10(8)2/h8H,4-7H2,1-2H3. The zero-order chi connectivity index (χ0) is 8.27. The van der Waals surface area contributed by atoms with Gasteiger partial charge in [0.05, 0.1) is 12.6 Å². The summed E-state index contributed by atoms with van der Waals surface area (Å²) in [7, 11) is 2.13. The van der Waals surface area contributed by atoms with Gasteiger partial charge >= 0.3 is 0 Å². The highest BCUT2D eigenvalue weighted by Crippen LogP contribution is 2.05. The maximum atomic E-state index is 8.47. The summed E-state index contributed by atoms with van der Waals surface area (Å²) in [5, 5.41) is 8.47. The van der Waals surface area contributed by atoms with Crippen LogP contribution in [0.1, 0.15) is 6.92 Å². The van der Waals surface area contributed by atoms with Gasteiger partial charge in [-0.3, -0.25) is 4.90 Å². The number of piperazine rings is 1. The molecule has 3 nitrogen and oxygen atoms in total. The summed E-state index contributed by atoms with van der Waals surface area (Å²) in [5.41, 5.74) is 0. The molecule has 11 heavy (non-hydrogen) atoms. The Kier molecular flexibility index (Phi) is 2.86. The number of likely N-dealkylation sites (N-methyl/N-ethyl adjacent to an activating group) is 1. The Morgan fingerprint density at radius 3 is 2.82 bits per heavy atom. The second kappa shape index (κ2) is 3.70. The van der Waals surface area contributed by atoms with Crippen LogP contribution >= 0.6 is 0 Å². The van der Waals surface area contributed by atoms with E-state index >= 15 is 0 Å². The van der Waals surface area contributed by atoms with Gasteiger partial charge in [-0.25, -0.2) is 0 Å². The van der Waals surface area contributed by atoms with E-state index in [1.165, 1.54) is 0 Å². The molecule has 1 unspecified atom stereocenters. The van der Waals surface area contributed by atoms with Crippen molar-refractivity contribution < 1.29 is 0 Å². The van der Waals surface area contributed by atoms with Gasteiger partial charge in [-0.05, 0) is 14.0 Å². The largest absolute Gasteiger partial charge is 0.301 e. The lowest BCUT2D eigenvalue weighted by atomic mass is 10.2. The summed E-state index contributed by atoms with van der Waals surface area (Å²) in [6, 6.07) is 2.77. The molecule has 1 aliphatic rings. The molecule has 1 fully saturated rings. The molecule has 1 aliphatic heterocycles. The van der Waals surface area contributed by atoms with Crippen molar-refractivity contribution in [1.82, 2.24) is 9.80 Å². The quantitative estimate of drug-likeness (QED) is 0.502. The summed E-state index contributed by atoms with van der Waals surface area (Å²) >= 11 is 0. The molecule has 1 saturated heterocycles. The molecule has 0 amide bonds. The van der Waals surface area contributed by atoms with Crippen molar-refractivity contribution in [3.63, 3.8) is 0 Å². The van der Waals surface area contributed by atoms with Crippen molar-refractivity contribution in [1.29, 1.82) is 5.26 Å². The molecule has 1 rings (SSSR count).